The zero-order valence-corrected chi connectivity index (χ0v) is 2.98. The van der Waals surface area contributed by atoms with Crippen molar-refractivity contribution >= 4 is 0 Å². The van der Waals surface area contributed by atoms with Crippen molar-refractivity contribution in [3.63, 3.8) is 0 Å². The highest BCUT2D eigenvalue weighted by Crippen LogP contribution is 2.07. The number of ether oxygens (including phenoxy) is 1. The molecule has 1 heterocycles. The van der Waals surface area contributed by atoms with E-state index in [2.05, 4.69) is 6.58 Å². The summed E-state index contributed by atoms with van der Waals surface area (Å²) in [5, 5.41) is 0. The van der Waals surface area contributed by atoms with E-state index in [1.165, 1.54) is 0 Å². The van der Waals surface area contributed by atoms with Crippen LogP contribution in [0, 0.1) is 0 Å². The fourth-order valence-corrected chi connectivity index (χ4v) is 0.192. The monoisotopic (exact) mass is 70.0 g/mol. The highest BCUT2D eigenvalue weighted by Gasteiger charge is 2.16. The molecule has 1 rings (SSSR count). The standard InChI is InChI=1S/C4H6O/c1-2-4-3-5-4/h2,4H,1,3H2/t4-/m1/s1. The summed E-state index contributed by atoms with van der Waals surface area (Å²) in [5.74, 6) is 0. The Kier molecular flexibility index (Phi) is 0.484. The topological polar surface area (TPSA) is 12.5 Å². The lowest BCUT2D eigenvalue weighted by molar-refractivity contribution is 0.440. The number of rotatable bonds is 1. The van der Waals surface area contributed by atoms with Crippen molar-refractivity contribution in [3.8, 4) is 0 Å². The van der Waals surface area contributed by atoms with Gasteiger partial charge < -0.3 is 4.74 Å². The first-order valence-electron chi connectivity index (χ1n) is 1.67. The van der Waals surface area contributed by atoms with Crippen LogP contribution in [0.15, 0.2) is 12.7 Å². The molecule has 0 aliphatic carbocycles. The third-order valence-corrected chi connectivity index (χ3v) is 0.622. The van der Waals surface area contributed by atoms with Gasteiger partial charge >= 0.3 is 0 Å². The Balaban J connectivity index is 2.21. The van der Waals surface area contributed by atoms with E-state index >= 15 is 0 Å². The second-order valence-electron chi connectivity index (χ2n) is 1.11. The van der Waals surface area contributed by atoms with Crippen LogP contribution in [0.3, 0.4) is 0 Å². The molecule has 1 atom stereocenters. The summed E-state index contributed by atoms with van der Waals surface area (Å²) in [4.78, 5) is 0. The second kappa shape index (κ2) is 0.830. The predicted octanol–water partition coefficient (Wildman–Crippen LogP) is 0.571. The highest BCUT2D eigenvalue weighted by molar-refractivity contribution is 4.87. The van der Waals surface area contributed by atoms with Gasteiger partial charge in [0.25, 0.3) is 0 Å². The van der Waals surface area contributed by atoms with Gasteiger partial charge in [0.05, 0.1) is 12.7 Å². The normalized spacial score (nSPS) is 33.2. The minimum absolute atomic E-state index is 0.398. The average Bonchev–Trinajstić information content (AvgIpc) is 2.12. The molecular weight excluding hydrogens is 64.0 g/mol. The summed E-state index contributed by atoms with van der Waals surface area (Å²) in [6.07, 6.45) is 2.20. The zero-order chi connectivity index (χ0) is 3.70. The molecule has 0 bridgehead atoms. The fraction of sp³-hybridized carbons (Fsp3) is 0.500. The zero-order valence-electron chi connectivity index (χ0n) is 2.98. The lowest BCUT2D eigenvalue weighted by Crippen LogP contribution is -1.65. The summed E-state index contributed by atoms with van der Waals surface area (Å²) in [6, 6.07) is 0. The summed E-state index contributed by atoms with van der Waals surface area (Å²) >= 11 is 0. The van der Waals surface area contributed by atoms with Crippen LogP contribution in [-0.4, -0.2) is 12.7 Å². The molecule has 1 saturated heterocycles. The highest BCUT2D eigenvalue weighted by atomic mass is 16.6. The van der Waals surface area contributed by atoms with Crippen LogP contribution in [0.5, 0.6) is 0 Å². The first-order chi connectivity index (χ1) is 2.43. The van der Waals surface area contributed by atoms with Gasteiger partial charge in [0.1, 0.15) is 0 Å². The van der Waals surface area contributed by atoms with Crippen molar-refractivity contribution in [2.24, 2.45) is 0 Å². The van der Waals surface area contributed by atoms with Gasteiger partial charge in [0.15, 0.2) is 0 Å². The van der Waals surface area contributed by atoms with Crippen LogP contribution in [0.1, 0.15) is 0 Å². The maximum Gasteiger partial charge on any atom is 0.0988 e. The molecule has 1 aliphatic rings. The number of hydrogen-bond donors (Lipinski definition) is 0. The molecule has 1 fully saturated rings. The molecule has 1 heteroatoms. The van der Waals surface area contributed by atoms with Crippen LogP contribution < -0.4 is 0 Å². The number of hydrogen-bond acceptors (Lipinski definition) is 1. The van der Waals surface area contributed by atoms with Crippen LogP contribution in [0.2, 0.25) is 0 Å². The van der Waals surface area contributed by atoms with Gasteiger partial charge in [0.2, 0.25) is 0 Å². The molecular formula is C4H6O. The molecule has 0 aromatic carbocycles. The summed E-state index contributed by atoms with van der Waals surface area (Å²) in [7, 11) is 0. The molecule has 5 heavy (non-hydrogen) atoms. The van der Waals surface area contributed by atoms with E-state index < -0.39 is 0 Å². The van der Waals surface area contributed by atoms with Crippen molar-refractivity contribution in [3.05, 3.63) is 12.7 Å². The third kappa shape index (κ3) is 0.484. The molecule has 0 spiro atoms. The van der Waals surface area contributed by atoms with E-state index in [9.17, 15) is 0 Å². The Morgan fingerprint density at radius 1 is 2.00 bits per heavy atom. The van der Waals surface area contributed by atoms with Gasteiger partial charge in [-0.1, -0.05) is 6.08 Å². The lowest BCUT2D eigenvalue weighted by Gasteiger charge is -1.59. The molecule has 0 radical (unpaired) electrons. The molecule has 0 N–H and O–H groups in total. The smallest absolute Gasteiger partial charge is 0.0988 e. The minimum Gasteiger partial charge on any atom is -0.369 e. The third-order valence-electron chi connectivity index (χ3n) is 0.622. The van der Waals surface area contributed by atoms with Crippen LogP contribution >= 0.6 is 0 Å². The molecule has 28 valence electrons. The first-order valence-corrected chi connectivity index (χ1v) is 1.67. The van der Waals surface area contributed by atoms with Gasteiger partial charge in [-0.15, -0.1) is 6.58 Å². The lowest BCUT2D eigenvalue weighted by atomic mass is 10.5. The van der Waals surface area contributed by atoms with Gasteiger partial charge in [-0.3, -0.25) is 0 Å². The number of epoxide rings is 1. The van der Waals surface area contributed by atoms with E-state index in [0.29, 0.717) is 6.10 Å². The SMILES string of the molecule is C=C[C@@H]1CO1. The molecule has 0 unspecified atom stereocenters. The van der Waals surface area contributed by atoms with E-state index in [-0.39, 0.29) is 0 Å². The average molecular weight is 70.1 g/mol. The minimum atomic E-state index is 0.398. The van der Waals surface area contributed by atoms with Crippen molar-refractivity contribution in [1.29, 1.82) is 0 Å². The van der Waals surface area contributed by atoms with Crippen molar-refractivity contribution in [1.82, 2.24) is 0 Å². The van der Waals surface area contributed by atoms with E-state index in [0.717, 1.165) is 6.61 Å². The Morgan fingerprint density at radius 2 is 2.60 bits per heavy atom. The quantitative estimate of drug-likeness (QED) is 0.324. The van der Waals surface area contributed by atoms with Gasteiger partial charge in [-0.2, -0.15) is 0 Å². The second-order valence-corrected chi connectivity index (χ2v) is 1.11. The van der Waals surface area contributed by atoms with Crippen molar-refractivity contribution in [2.45, 2.75) is 6.10 Å². The van der Waals surface area contributed by atoms with Crippen molar-refractivity contribution in [2.75, 3.05) is 6.61 Å². The molecule has 0 aromatic rings. The van der Waals surface area contributed by atoms with E-state index in [1.807, 2.05) is 0 Å². The fourth-order valence-electron chi connectivity index (χ4n) is 0.192. The van der Waals surface area contributed by atoms with Crippen LogP contribution in [0.4, 0.5) is 0 Å². The maximum absolute atomic E-state index is 4.74. The summed E-state index contributed by atoms with van der Waals surface area (Å²) < 4.78 is 4.74. The molecule has 0 amide bonds. The Labute approximate surface area is 31.3 Å². The molecule has 0 saturated carbocycles. The van der Waals surface area contributed by atoms with Gasteiger partial charge in [0, 0.05) is 0 Å². The first kappa shape index (κ1) is 2.91. The summed E-state index contributed by atoms with van der Waals surface area (Å²) in [5.41, 5.74) is 0. The Bertz CT molecular complexity index is 45.6. The van der Waals surface area contributed by atoms with Crippen LogP contribution in [-0.2, 0) is 4.74 Å². The van der Waals surface area contributed by atoms with E-state index in [1.54, 1.807) is 6.08 Å². The Hall–Kier alpha value is -0.300. The van der Waals surface area contributed by atoms with Crippen molar-refractivity contribution < 1.29 is 4.74 Å². The molecule has 1 aliphatic heterocycles. The summed E-state index contributed by atoms with van der Waals surface area (Å²) in [6.45, 7) is 4.39. The van der Waals surface area contributed by atoms with Gasteiger partial charge in [-0.05, 0) is 0 Å². The Morgan fingerprint density at radius 3 is 2.60 bits per heavy atom. The van der Waals surface area contributed by atoms with Gasteiger partial charge in [-0.25, -0.2) is 0 Å². The molecule has 0 aromatic heterocycles. The predicted molar refractivity (Wildman–Crippen MR) is 19.9 cm³/mol. The maximum atomic E-state index is 4.74. The van der Waals surface area contributed by atoms with Crippen LogP contribution in [0.25, 0.3) is 0 Å². The van der Waals surface area contributed by atoms with E-state index in [4.69, 9.17) is 4.74 Å². The largest absolute Gasteiger partial charge is 0.369 e. The molecule has 1 nitrogen and oxygen atoms in total.